The van der Waals surface area contributed by atoms with Gasteiger partial charge in [-0.1, -0.05) is 6.07 Å². The van der Waals surface area contributed by atoms with Gasteiger partial charge in [-0.3, -0.25) is 4.79 Å². The van der Waals surface area contributed by atoms with Gasteiger partial charge in [0.2, 0.25) is 0 Å². The fourth-order valence-corrected chi connectivity index (χ4v) is 4.37. The number of nitrogens with one attached hydrogen (secondary N) is 3. The molecule has 212 valence electrons. The number of rotatable bonds is 7. The average molecular weight is 565 g/mol. The highest BCUT2D eigenvalue weighted by Gasteiger charge is 2.32. The lowest BCUT2D eigenvalue weighted by Gasteiger charge is -2.31. The summed E-state index contributed by atoms with van der Waals surface area (Å²) in [6.07, 6.45) is -0.132. The maximum Gasteiger partial charge on any atom is 0.416 e. The van der Waals surface area contributed by atoms with Gasteiger partial charge in [0, 0.05) is 43.7 Å². The Kier molecular flexibility index (Phi) is 7.97. The Labute approximate surface area is 234 Å². The Bertz CT molecular complexity index is 1560. The molecule has 1 saturated heterocycles. The van der Waals surface area contributed by atoms with Crippen LogP contribution in [0.15, 0.2) is 61.3 Å². The minimum atomic E-state index is -4.56. The summed E-state index contributed by atoms with van der Waals surface area (Å²) in [5, 5.41) is 8.91. The predicted molar refractivity (Wildman–Crippen MR) is 149 cm³/mol. The Morgan fingerprint density at radius 1 is 0.976 bits per heavy atom. The van der Waals surface area contributed by atoms with Gasteiger partial charge in [0.05, 0.1) is 41.4 Å². The van der Waals surface area contributed by atoms with Crippen molar-refractivity contribution in [2.75, 3.05) is 54.2 Å². The normalized spacial score (nSPS) is 13.5. The molecular weight excluding hydrogens is 537 g/mol. The molecule has 3 heterocycles. The number of aromatic nitrogens is 4. The molecule has 2 aromatic heterocycles. The van der Waals surface area contributed by atoms with E-state index < -0.39 is 17.6 Å². The molecule has 2 aromatic carbocycles. The van der Waals surface area contributed by atoms with E-state index in [1.807, 2.05) is 11.8 Å². The summed E-state index contributed by atoms with van der Waals surface area (Å²) in [4.78, 5) is 32.2. The quantitative estimate of drug-likeness (QED) is 0.281. The van der Waals surface area contributed by atoms with Crippen molar-refractivity contribution in [2.24, 2.45) is 0 Å². The number of carbonyl (C=O) groups excluding carboxylic acids is 1. The van der Waals surface area contributed by atoms with Gasteiger partial charge in [-0.15, -0.1) is 0 Å². The van der Waals surface area contributed by atoms with E-state index in [-0.39, 0.29) is 11.3 Å². The minimum Gasteiger partial charge on any atom is -0.378 e. The SMILES string of the molecule is CNc1cc(-c2cncnc2Nc2cc(C(=O)Nc3cc(C(F)(F)F)ccc3N3CCOCC3)ccc2C)ncn1. The lowest BCUT2D eigenvalue weighted by atomic mass is 10.1. The van der Waals surface area contributed by atoms with Crippen LogP contribution in [0.4, 0.5) is 41.9 Å². The number of nitrogens with zero attached hydrogens (tertiary/aromatic N) is 5. The largest absolute Gasteiger partial charge is 0.416 e. The lowest BCUT2D eigenvalue weighted by molar-refractivity contribution is -0.137. The van der Waals surface area contributed by atoms with Crippen LogP contribution in [-0.4, -0.2) is 59.2 Å². The number of benzene rings is 2. The molecule has 1 fully saturated rings. The topological polar surface area (TPSA) is 117 Å². The lowest BCUT2D eigenvalue weighted by Crippen LogP contribution is -2.36. The third-order valence-corrected chi connectivity index (χ3v) is 6.59. The van der Waals surface area contributed by atoms with Crippen molar-refractivity contribution in [3.63, 3.8) is 0 Å². The van der Waals surface area contributed by atoms with Gasteiger partial charge in [-0.25, -0.2) is 19.9 Å². The number of hydrogen-bond acceptors (Lipinski definition) is 9. The fraction of sp³-hybridized carbons (Fsp3) is 0.250. The van der Waals surface area contributed by atoms with Gasteiger partial charge >= 0.3 is 6.18 Å². The first kappa shape index (κ1) is 27.8. The van der Waals surface area contributed by atoms with Crippen LogP contribution in [0.25, 0.3) is 11.3 Å². The van der Waals surface area contributed by atoms with Crippen LogP contribution < -0.4 is 20.9 Å². The van der Waals surface area contributed by atoms with E-state index in [4.69, 9.17) is 4.74 Å². The number of halogens is 3. The van der Waals surface area contributed by atoms with Crippen LogP contribution in [0.3, 0.4) is 0 Å². The molecule has 0 atom stereocenters. The highest BCUT2D eigenvalue weighted by Crippen LogP contribution is 2.36. The zero-order chi connectivity index (χ0) is 29.0. The minimum absolute atomic E-state index is 0.0731. The molecule has 1 aliphatic rings. The van der Waals surface area contributed by atoms with Crippen LogP contribution >= 0.6 is 0 Å². The van der Waals surface area contributed by atoms with Crippen LogP contribution in [-0.2, 0) is 10.9 Å². The third kappa shape index (κ3) is 6.35. The van der Waals surface area contributed by atoms with Crippen molar-refractivity contribution >= 4 is 34.6 Å². The second kappa shape index (κ2) is 11.8. The molecule has 10 nitrogen and oxygen atoms in total. The second-order valence-electron chi connectivity index (χ2n) is 9.26. The van der Waals surface area contributed by atoms with Gasteiger partial charge in [-0.2, -0.15) is 13.2 Å². The maximum absolute atomic E-state index is 13.5. The molecule has 3 N–H and O–H groups in total. The van der Waals surface area contributed by atoms with Gasteiger partial charge in [0.1, 0.15) is 24.3 Å². The summed E-state index contributed by atoms with van der Waals surface area (Å²) >= 11 is 0. The molecule has 0 aliphatic carbocycles. The second-order valence-corrected chi connectivity index (χ2v) is 9.26. The van der Waals surface area contributed by atoms with E-state index in [0.29, 0.717) is 60.6 Å². The molecule has 0 unspecified atom stereocenters. The Hall–Kier alpha value is -4.78. The summed E-state index contributed by atoms with van der Waals surface area (Å²) in [5.41, 5.74) is 2.56. The number of alkyl halides is 3. The van der Waals surface area contributed by atoms with Gasteiger partial charge < -0.3 is 25.6 Å². The molecule has 5 rings (SSSR count). The summed E-state index contributed by atoms with van der Waals surface area (Å²) in [7, 11) is 1.75. The van der Waals surface area contributed by atoms with Crippen molar-refractivity contribution in [2.45, 2.75) is 13.1 Å². The molecule has 0 radical (unpaired) electrons. The molecule has 0 saturated carbocycles. The zero-order valence-corrected chi connectivity index (χ0v) is 22.3. The summed E-state index contributed by atoms with van der Waals surface area (Å²) in [6, 6.07) is 10.1. The van der Waals surface area contributed by atoms with Crippen molar-refractivity contribution in [3.05, 3.63) is 78.0 Å². The summed E-state index contributed by atoms with van der Waals surface area (Å²) in [6.45, 7) is 3.74. The standard InChI is InChI=1S/C28H27F3N8O2/c1-17-3-4-18(11-21(17)37-26-20(14-33-15-36-26)22-13-25(32-2)35-16-34-22)27(40)38-23-12-19(28(29,30)31)5-6-24(23)39-7-9-41-10-8-39/h3-6,11-16H,7-10H2,1-2H3,(H,38,40)(H,32,34,35)(H,33,36,37). The van der Waals surface area contributed by atoms with E-state index in [2.05, 4.69) is 35.9 Å². The third-order valence-electron chi connectivity index (χ3n) is 6.59. The first-order valence-corrected chi connectivity index (χ1v) is 12.8. The van der Waals surface area contributed by atoms with E-state index in [1.54, 1.807) is 37.5 Å². The monoisotopic (exact) mass is 564 g/mol. The number of aryl methyl sites for hydroxylation is 1. The van der Waals surface area contributed by atoms with Crippen LogP contribution in [0.1, 0.15) is 21.5 Å². The highest BCUT2D eigenvalue weighted by molar-refractivity contribution is 6.06. The smallest absolute Gasteiger partial charge is 0.378 e. The molecule has 1 aliphatic heterocycles. The zero-order valence-electron chi connectivity index (χ0n) is 22.3. The van der Waals surface area contributed by atoms with E-state index in [9.17, 15) is 18.0 Å². The number of morpholine rings is 1. The number of carbonyl (C=O) groups is 1. The van der Waals surface area contributed by atoms with Crippen molar-refractivity contribution in [1.29, 1.82) is 0 Å². The molecule has 0 spiro atoms. The van der Waals surface area contributed by atoms with Crippen molar-refractivity contribution in [1.82, 2.24) is 19.9 Å². The Balaban J connectivity index is 1.44. The highest BCUT2D eigenvalue weighted by atomic mass is 19.4. The fourth-order valence-electron chi connectivity index (χ4n) is 4.37. The van der Waals surface area contributed by atoms with Gasteiger partial charge in [-0.05, 0) is 42.8 Å². The molecule has 1 amide bonds. The predicted octanol–water partition coefficient (Wildman–Crippen LogP) is 5.14. The van der Waals surface area contributed by atoms with Crippen LogP contribution in [0, 0.1) is 6.92 Å². The number of hydrogen-bond donors (Lipinski definition) is 3. The summed E-state index contributed by atoms with van der Waals surface area (Å²) < 4.78 is 46.0. The van der Waals surface area contributed by atoms with E-state index in [0.717, 1.165) is 17.7 Å². The van der Waals surface area contributed by atoms with Gasteiger partial charge in [0.15, 0.2) is 0 Å². The van der Waals surface area contributed by atoms with Crippen molar-refractivity contribution < 1.29 is 22.7 Å². The first-order valence-electron chi connectivity index (χ1n) is 12.8. The van der Waals surface area contributed by atoms with Crippen LogP contribution in [0.2, 0.25) is 0 Å². The molecule has 4 aromatic rings. The Morgan fingerprint density at radius 3 is 2.54 bits per heavy atom. The summed E-state index contributed by atoms with van der Waals surface area (Å²) in [5.74, 6) is 0.513. The van der Waals surface area contributed by atoms with Crippen molar-refractivity contribution in [3.8, 4) is 11.3 Å². The first-order chi connectivity index (χ1) is 19.7. The van der Waals surface area contributed by atoms with E-state index in [1.165, 1.54) is 18.7 Å². The number of ether oxygens (including phenoxy) is 1. The number of amides is 1. The molecule has 41 heavy (non-hydrogen) atoms. The average Bonchev–Trinajstić information content (AvgIpc) is 2.98. The van der Waals surface area contributed by atoms with E-state index >= 15 is 0 Å². The Morgan fingerprint density at radius 2 is 1.78 bits per heavy atom. The maximum atomic E-state index is 13.5. The molecule has 13 heteroatoms. The van der Waals surface area contributed by atoms with Crippen LogP contribution in [0.5, 0.6) is 0 Å². The molecule has 0 bridgehead atoms. The molecular formula is C28H27F3N8O2. The van der Waals surface area contributed by atoms with Gasteiger partial charge in [0.25, 0.3) is 5.91 Å². The number of anilines is 5.